The molecule has 1 aromatic carbocycles. The Bertz CT molecular complexity index is 363. The molecule has 1 N–H and O–H groups in total. The molecule has 1 aromatic rings. The maximum absolute atomic E-state index is 11.1. The summed E-state index contributed by atoms with van der Waals surface area (Å²) >= 11 is 0. The Morgan fingerprint density at radius 3 is 2.81 bits per heavy atom. The van der Waals surface area contributed by atoms with Crippen molar-refractivity contribution in [3.63, 3.8) is 0 Å². The summed E-state index contributed by atoms with van der Waals surface area (Å²) in [6.45, 7) is 4.54. The number of benzene rings is 1. The van der Waals surface area contributed by atoms with Gasteiger partial charge in [-0.25, -0.2) is 4.79 Å². The van der Waals surface area contributed by atoms with Crippen LogP contribution in [0.5, 0.6) is 5.75 Å². The quantitative estimate of drug-likeness (QED) is 0.851. The third kappa shape index (κ3) is 3.46. The minimum Gasteiger partial charge on any atom is -0.496 e. The molecule has 0 saturated carbocycles. The van der Waals surface area contributed by atoms with Crippen molar-refractivity contribution in [2.24, 2.45) is 0 Å². The third-order valence-electron chi connectivity index (χ3n) is 2.13. The first-order chi connectivity index (χ1) is 7.67. The standard InChI is InChI=1S/C12H17NO3/c1-4-16-12(14)13-8-10-7-9(2)5-6-11(10)15-3/h5-7H,4,8H2,1-3H3,(H,13,14). The Hall–Kier alpha value is -1.71. The fourth-order valence-corrected chi connectivity index (χ4v) is 1.40. The molecule has 1 rings (SSSR count). The summed E-state index contributed by atoms with van der Waals surface area (Å²) in [6, 6.07) is 5.83. The lowest BCUT2D eigenvalue weighted by Crippen LogP contribution is -2.23. The average Bonchev–Trinajstić information content (AvgIpc) is 2.27. The molecule has 16 heavy (non-hydrogen) atoms. The fourth-order valence-electron chi connectivity index (χ4n) is 1.40. The Morgan fingerprint density at radius 1 is 1.44 bits per heavy atom. The number of amides is 1. The van der Waals surface area contributed by atoms with Crippen LogP contribution < -0.4 is 10.1 Å². The van der Waals surface area contributed by atoms with Crippen LogP contribution in [-0.4, -0.2) is 19.8 Å². The Labute approximate surface area is 95.6 Å². The van der Waals surface area contributed by atoms with Gasteiger partial charge in [0.25, 0.3) is 0 Å². The van der Waals surface area contributed by atoms with E-state index in [9.17, 15) is 4.79 Å². The van der Waals surface area contributed by atoms with Crippen molar-refractivity contribution < 1.29 is 14.3 Å². The number of aryl methyl sites for hydroxylation is 1. The van der Waals surface area contributed by atoms with Gasteiger partial charge in [-0.2, -0.15) is 0 Å². The number of methoxy groups -OCH3 is 1. The van der Waals surface area contributed by atoms with E-state index in [1.165, 1.54) is 0 Å². The molecule has 4 nitrogen and oxygen atoms in total. The van der Waals surface area contributed by atoms with Crippen molar-refractivity contribution in [3.05, 3.63) is 29.3 Å². The lowest BCUT2D eigenvalue weighted by atomic mass is 10.1. The highest BCUT2D eigenvalue weighted by atomic mass is 16.5. The largest absolute Gasteiger partial charge is 0.496 e. The van der Waals surface area contributed by atoms with Gasteiger partial charge in [0.1, 0.15) is 5.75 Å². The van der Waals surface area contributed by atoms with Gasteiger partial charge in [0.15, 0.2) is 0 Å². The first kappa shape index (κ1) is 12.4. The van der Waals surface area contributed by atoms with Crippen LogP contribution in [0.15, 0.2) is 18.2 Å². The summed E-state index contributed by atoms with van der Waals surface area (Å²) in [4.78, 5) is 11.1. The number of ether oxygens (including phenoxy) is 2. The SMILES string of the molecule is CCOC(=O)NCc1cc(C)ccc1OC. The van der Waals surface area contributed by atoms with Gasteiger partial charge >= 0.3 is 6.09 Å². The monoisotopic (exact) mass is 223 g/mol. The first-order valence-corrected chi connectivity index (χ1v) is 5.21. The van der Waals surface area contributed by atoms with E-state index in [0.717, 1.165) is 16.9 Å². The maximum Gasteiger partial charge on any atom is 0.407 e. The van der Waals surface area contributed by atoms with Gasteiger partial charge in [0.05, 0.1) is 13.7 Å². The zero-order valence-corrected chi connectivity index (χ0v) is 9.87. The first-order valence-electron chi connectivity index (χ1n) is 5.21. The molecular weight excluding hydrogens is 206 g/mol. The van der Waals surface area contributed by atoms with Crippen molar-refractivity contribution in [1.29, 1.82) is 0 Å². The van der Waals surface area contributed by atoms with E-state index in [0.29, 0.717) is 13.2 Å². The summed E-state index contributed by atoms with van der Waals surface area (Å²) in [5.41, 5.74) is 2.07. The van der Waals surface area contributed by atoms with Crippen molar-refractivity contribution in [1.82, 2.24) is 5.32 Å². The van der Waals surface area contributed by atoms with Gasteiger partial charge in [-0.15, -0.1) is 0 Å². The second-order valence-electron chi connectivity index (χ2n) is 3.39. The van der Waals surface area contributed by atoms with Crippen molar-refractivity contribution in [2.75, 3.05) is 13.7 Å². The van der Waals surface area contributed by atoms with Crippen molar-refractivity contribution in [3.8, 4) is 5.75 Å². The number of alkyl carbamates (subject to hydrolysis) is 1. The predicted molar refractivity (Wildman–Crippen MR) is 61.6 cm³/mol. The lowest BCUT2D eigenvalue weighted by molar-refractivity contribution is 0.151. The van der Waals surface area contributed by atoms with E-state index in [2.05, 4.69) is 5.32 Å². The maximum atomic E-state index is 11.1. The van der Waals surface area contributed by atoms with Gasteiger partial charge < -0.3 is 14.8 Å². The highest BCUT2D eigenvalue weighted by molar-refractivity contribution is 5.67. The van der Waals surface area contributed by atoms with Crippen LogP contribution in [0, 0.1) is 6.92 Å². The average molecular weight is 223 g/mol. The van der Waals surface area contributed by atoms with E-state index < -0.39 is 6.09 Å². The van der Waals surface area contributed by atoms with E-state index in [-0.39, 0.29) is 0 Å². The Balaban J connectivity index is 2.65. The molecule has 0 aliphatic carbocycles. The Kier molecular flexibility index (Phi) is 4.64. The number of rotatable bonds is 4. The second-order valence-corrected chi connectivity index (χ2v) is 3.39. The molecule has 0 spiro atoms. The number of hydrogen-bond acceptors (Lipinski definition) is 3. The highest BCUT2D eigenvalue weighted by Gasteiger charge is 2.05. The normalized spacial score (nSPS) is 9.69. The zero-order chi connectivity index (χ0) is 12.0. The van der Waals surface area contributed by atoms with Crippen molar-refractivity contribution in [2.45, 2.75) is 20.4 Å². The van der Waals surface area contributed by atoms with Crippen LogP contribution in [0.2, 0.25) is 0 Å². The molecule has 0 atom stereocenters. The van der Waals surface area contributed by atoms with Crippen LogP contribution in [0.4, 0.5) is 4.79 Å². The fraction of sp³-hybridized carbons (Fsp3) is 0.417. The molecule has 4 heteroatoms. The molecule has 0 aliphatic rings. The van der Waals surface area contributed by atoms with Gasteiger partial charge in [-0.1, -0.05) is 17.7 Å². The van der Waals surface area contributed by atoms with Gasteiger partial charge in [0, 0.05) is 12.1 Å². The Morgan fingerprint density at radius 2 is 2.19 bits per heavy atom. The second kappa shape index (κ2) is 6.00. The van der Waals surface area contributed by atoms with E-state index in [1.54, 1.807) is 14.0 Å². The smallest absolute Gasteiger partial charge is 0.407 e. The van der Waals surface area contributed by atoms with Crippen LogP contribution in [0.25, 0.3) is 0 Å². The minimum absolute atomic E-state index is 0.372. The van der Waals surface area contributed by atoms with E-state index >= 15 is 0 Å². The van der Waals surface area contributed by atoms with E-state index in [4.69, 9.17) is 9.47 Å². The molecule has 1 amide bonds. The van der Waals surface area contributed by atoms with Gasteiger partial charge in [-0.05, 0) is 19.9 Å². The summed E-state index contributed by atoms with van der Waals surface area (Å²) in [5.74, 6) is 0.766. The van der Waals surface area contributed by atoms with Crippen molar-refractivity contribution >= 4 is 6.09 Å². The summed E-state index contributed by atoms with van der Waals surface area (Å²) in [6.07, 6.45) is -0.411. The highest BCUT2D eigenvalue weighted by Crippen LogP contribution is 2.19. The molecule has 0 saturated heterocycles. The zero-order valence-electron chi connectivity index (χ0n) is 9.87. The number of carbonyl (C=O) groups excluding carboxylic acids is 1. The van der Waals surface area contributed by atoms with Gasteiger partial charge in [0.2, 0.25) is 0 Å². The minimum atomic E-state index is -0.411. The van der Waals surface area contributed by atoms with Crippen LogP contribution in [0.1, 0.15) is 18.1 Å². The molecule has 0 bridgehead atoms. The predicted octanol–water partition coefficient (Wildman–Crippen LogP) is 2.25. The molecule has 0 aromatic heterocycles. The molecule has 0 heterocycles. The van der Waals surface area contributed by atoms with Gasteiger partial charge in [-0.3, -0.25) is 0 Å². The number of carbonyl (C=O) groups is 1. The summed E-state index contributed by atoms with van der Waals surface area (Å²) < 4.78 is 9.98. The lowest BCUT2D eigenvalue weighted by Gasteiger charge is -2.10. The van der Waals surface area contributed by atoms with E-state index in [1.807, 2.05) is 25.1 Å². The molecular formula is C12H17NO3. The molecule has 0 aliphatic heterocycles. The molecule has 88 valence electrons. The molecule has 0 fully saturated rings. The van der Waals surface area contributed by atoms with Crippen LogP contribution in [0.3, 0.4) is 0 Å². The van der Waals surface area contributed by atoms with Crippen LogP contribution >= 0.6 is 0 Å². The number of nitrogens with one attached hydrogen (secondary N) is 1. The molecule has 0 unspecified atom stereocenters. The number of hydrogen-bond donors (Lipinski definition) is 1. The van der Waals surface area contributed by atoms with Crippen LogP contribution in [-0.2, 0) is 11.3 Å². The third-order valence-corrected chi connectivity index (χ3v) is 2.13. The summed E-state index contributed by atoms with van der Waals surface area (Å²) in [5, 5.41) is 2.66. The topological polar surface area (TPSA) is 47.6 Å². The molecule has 0 radical (unpaired) electrons. The summed E-state index contributed by atoms with van der Waals surface area (Å²) in [7, 11) is 1.61.